The van der Waals surface area contributed by atoms with Crippen molar-refractivity contribution in [2.75, 3.05) is 18.5 Å². The summed E-state index contributed by atoms with van der Waals surface area (Å²) in [6.07, 6.45) is 2.81. The zero-order chi connectivity index (χ0) is 21.0. The summed E-state index contributed by atoms with van der Waals surface area (Å²) in [6.45, 7) is 8.43. The molecule has 0 saturated heterocycles. The van der Waals surface area contributed by atoms with Crippen LogP contribution >= 0.6 is 11.3 Å². The molecule has 0 bridgehead atoms. The van der Waals surface area contributed by atoms with E-state index < -0.39 is 0 Å². The largest absolute Gasteiger partial charge is 0.484 e. The van der Waals surface area contributed by atoms with Gasteiger partial charge in [0, 0.05) is 4.88 Å². The fourth-order valence-corrected chi connectivity index (χ4v) is 4.95. The molecule has 0 saturated carbocycles. The van der Waals surface area contributed by atoms with Crippen molar-refractivity contribution in [3.05, 3.63) is 45.8 Å². The minimum Gasteiger partial charge on any atom is -0.484 e. The molecule has 1 N–H and O–H groups in total. The van der Waals surface area contributed by atoms with Gasteiger partial charge in [0.25, 0.3) is 5.91 Å². The first-order valence-corrected chi connectivity index (χ1v) is 11.0. The number of rotatable bonds is 7. The second-order valence-electron chi connectivity index (χ2n) is 7.84. The number of benzene rings is 1. The first kappa shape index (κ1) is 21.4. The Labute approximate surface area is 176 Å². The lowest BCUT2D eigenvalue weighted by atomic mass is 9.88. The number of hydrogen-bond acceptors (Lipinski definition) is 5. The molecule has 1 unspecified atom stereocenters. The van der Waals surface area contributed by atoms with Crippen LogP contribution in [-0.2, 0) is 22.4 Å². The molecule has 3 rings (SSSR count). The van der Waals surface area contributed by atoms with E-state index in [1.54, 1.807) is 6.92 Å². The lowest BCUT2D eigenvalue weighted by Crippen LogP contribution is -2.21. The van der Waals surface area contributed by atoms with Crippen LogP contribution in [0.3, 0.4) is 0 Å². The number of hydrogen-bond donors (Lipinski definition) is 1. The fraction of sp³-hybridized carbons (Fsp3) is 0.478. The standard InChI is InChI=1S/C23H29NO4S/c1-5-27-23(26)21-18-10-9-15(4)11-19(18)29-22(21)24-20(25)13-28-17-8-6-7-16(12-17)14(2)3/h6-8,12,14-15H,5,9-11,13H2,1-4H3,(H,24,25). The lowest BCUT2D eigenvalue weighted by molar-refractivity contribution is -0.118. The highest BCUT2D eigenvalue weighted by Gasteiger charge is 2.29. The monoisotopic (exact) mass is 415 g/mol. The van der Waals surface area contributed by atoms with Crippen LogP contribution in [0.25, 0.3) is 0 Å². The van der Waals surface area contributed by atoms with Crippen molar-refractivity contribution >= 4 is 28.2 Å². The number of fused-ring (bicyclic) bond motifs is 1. The molecule has 0 fully saturated rings. The van der Waals surface area contributed by atoms with Gasteiger partial charge in [0.1, 0.15) is 10.8 Å². The lowest BCUT2D eigenvalue weighted by Gasteiger charge is -2.18. The molecule has 1 aliphatic carbocycles. The Morgan fingerprint density at radius 1 is 1.31 bits per heavy atom. The van der Waals surface area contributed by atoms with E-state index in [0.717, 1.165) is 30.4 Å². The molecule has 1 atom stereocenters. The molecule has 1 amide bonds. The molecule has 0 radical (unpaired) electrons. The molecule has 1 aromatic carbocycles. The number of esters is 1. The van der Waals surface area contributed by atoms with Gasteiger partial charge in [-0.2, -0.15) is 0 Å². The highest BCUT2D eigenvalue weighted by molar-refractivity contribution is 7.17. The van der Waals surface area contributed by atoms with Crippen LogP contribution in [0.15, 0.2) is 24.3 Å². The number of nitrogens with one attached hydrogen (secondary N) is 1. The predicted molar refractivity (Wildman–Crippen MR) is 116 cm³/mol. The Kier molecular flexibility index (Phi) is 6.96. The van der Waals surface area contributed by atoms with Gasteiger partial charge in [-0.15, -0.1) is 11.3 Å². The van der Waals surface area contributed by atoms with Crippen LogP contribution < -0.4 is 10.1 Å². The third-order valence-electron chi connectivity index (χ3n) is 5.14. The van der Waals surface area contributed by atoms with Gasteiger partial charge in [0.05, 0.1) is 12.2 Å². The Morgan fingerprint density at radius 2 is 2.10 bits per heavy atom. The topological polar surface area (TPSA) is 64.6 Å². The van der Waals surface area contributed by atoms with E-state index in [9.17, 15) is 9.59 Å². The summed E-state index contributed by atoms with van der Waals surface area (Å²) < 4.78 is 10.9. The number of anilines is 1. The van der Waals surface area contributed by atoms with Gasteiger partial charge in [0.2, 0.25) is 0 Å². The van der Waals surface area contributed by atoms with Crippen LogP contribution in [0, 0.1) is 5.92 Å². The molecule has 1 aliphatic rings. The highest BCUT2D eigenvalue weighted by Crippen LogP contribution is 2.40. The maximum Gasteiger partial charge on any atom is 0.341 e. The summed E-state index contributed by atoms with van der Waals surface area (Å²) in [6, 6.07) is 7.76. The maximum atomic E-state index is 12.5. The number of ether oxygens (including phenoxy) is 2. The summed E-state index contributed by atoms with van der Waals surface area (Å²) in [5.41, 5.74) is 2.72. The fourth-order valence-electron chi connectivity index (χ4n) is 3.53. The molecule has 1 aromatic heterocycles. The van der Waals surface area contributed by atoms with Crippen molar-refractivity contribution < 1.29 is 19.1 Å². The van der Waals surface area contributed by atoms with Crippen molar-refractivity contribution in [2.45, 2.75) is 52.9 Å². The van der Waals surface area contributed by atoms with Crippen LogP contribution in [0.4, 0.5) is 5.00 Å². The molecular weight excluding hydrogens is 386 g/mol. The molecular formula is C23H29NO4S. The van der Waals surface area contributed by atoms with E-state index in [2.05, 4.69) is 26.1 Å². The van der Waals surface area contributed by atoms with Crippen molar-refractivity contribution in [1.29, 1.82) is 0 Å². The van der Waals surface area contributed by atoms with Gasteiger partial charge >= 0.3 is 5.97 Å². The number of carbonyl (C=O) groups is 2. The van der Waals surface area contributed by atoms with Gasteiger partial charge in [-0.25, -0.2) is 4.79 Å². The van der Waals surface area contributed by atoms with E-state index >= 15 is 0 Å². The summed E-state index contributed by atoms with van der Waals surface area (Å²) in [5.74, 6) is 0.990. The normalized spacial score (nSPS) is 15.7. The van der Waals surface area contributed by atoms with Gasteiger partial charge in [-0.1, -0.05) is 32.9 Å². The highest BCUT2D eigenvalue weighted by atomic mass is 32.1. The quantitative estimate of drug-likeness (QED) is 0.632. The molecule has 0 aliphatic heterocycles. The molecule has 156 valence electrons. The Morgan fingerprint density at radius 3 is 2.83 bits per heavy atom. The Bertz CT molecular complexity index is 887. The zero-order valence-corrected chi connectivity index (χ0v) is 18.4. The summed E-state index contributed by atoms with van der Waals surface area (Å²) in [7, 11) is 0. The minimum absolute atomic E-state index is 0.108. The number of thiophene rings is 1. The summed E-state index contributed by atoms with van der Waals surface area (Å²) in [4.78, 5) is 26.3. The first-order chi connectivity index (χ1) is 13.9. The zero-order valence-electron chi connectivity index (χ0n) is 17.5. The van der Waals surface area contributed by atoms with Crippen molar-refractivity contribution in [3.63, 3.8) is 0 Å². The van der Waals surface area contributed by atoms with E-state index in [1.807, 2.05) is 24.3 Å². The SMILES string of the molecule is CCOC(=O)c1c(NC(=O)COc2cccc(C(C)C)c2)sc2c1CCC(C)C2. The van der Waals surface area contributed by atoms with Crippen LogP contribution in [0.1, 0.15) is 66.4 Å². The average molecular weight is 416 g/mol. The molecule has 0 spiro atoms. The Balaban J connectivity index is 1.72. The third kappa shape index (κ3) is 5.18. The maximum absolute atomic E-state index is 12.5. The molecule has 29 heavy (non-hydrogen) atoms. The van der Waals surface area contributed by atoms with E-state index in [4.69, 9.17) is 9.47 Å². The van der Waals surface area contributed by atoms with Gasteiger partial charge in [-0.05, 0) is 61.3 Å². The van der Waals surface area contributed by atoms with E-state index in [0.29, 0.717) is 34.8 Å². The van der Waals surface area contributed by atoms with Gasteiger partial charge in [-0.3, -0.25) is 4.79 Å². The van der Waals surface area contributed by atoms with Crippen molar-refractivity contribution in [2.24, 2.45) is 5.92 Å². The number of carbonyl (C=O) groups excluding carboxylic acids is 2. The van der Waals surface area contributed by atoms with Crippen molar-refractivity contribution in [1.82, 2.24) is 0 Å². The Hall–Kier alpha value is -2.34. The summed E-state index contributed by atoms with van der Waals surface area (Å²) >= 11 is 1.49. The van der Waals surface area contributed by atoms with E-state index in [-0.39, 0.29) is 18.5 Å². The predicted octanol–water partition coefficient (Wildman–Crippen LogP) is 5.19. The smallest absolute Gasteiger partial charge is 0.341 e. The molecule has 5 nitrogen and oxygen atoms in total. The number of amides is 1. The van der Waals surface area contributed by atoms with Gasteiger partial charge in [0.15, 0.2) is 6.61 Å². The molecule has 6 heteroatoms. The van der Waals surface area contributed by atoms with Crippen LogP contribution in [0.5, 0.6) is 5.75 Å². The third-order valence-corrected chi connectivity index (χ3v) is 6.31. The van der Waals surface area contributed by atoms with Gasteiger partial charge < -0.3 is 14.8 Å². The second-order valence-corrected chi connectivity index (χ2v) is 8.95. The minimum atomic E-state index is -0.361. The van der Waals surface area contributed by atoms with Crippen molar-refractivity contribution in [3.8, 4) is 5.75 Å². The average Bonchev–Trinajstić information content (AvgIpc) is 3.03. The first-order valence-electron chi connectivity index (χ1n) is 10.2. The molecule has 2 aromatic rings. The second kappa shape index (κ2) is 9.44. The molecule has 1 heterocycles. The van der Waals surface area contributed by atoms with Crippen LogP contribution in [0.2, 0.25) is 0 Å². The van der Waals surface area contributed by atoms with Crippen LogP contribution in [-0.4, -0.2) is 25.1 Å². The summed E-state index contributed by atoms with van der Waals surface area (Å²) in [5, 5.41) is 3.46. The van der Waals surface area contributed by atoms with E-state index in [1.165, 1.54) is 16.2 Å².